The lowest BCUT2D eigenvalue weighted by Gasteiger charge is -2.40. The smallest absolute Gasteiger partial charge is 0.111 e. The van der Waals surface area contributed by atoms with E-state index in [9.17, 15) is 0 Å². The highest BCUT2D eigenvalue weighted by Crippen LogP contribution is 2.60. The van der Waals surface area contributed by atoms with E-state index in [-0.39, 0.29) is 5.41 Å². The molecule has 1 aromatic heterocycles. The van der Waals surface area contributed by atoms with Crippen molar-refractivity contribution in [2.24, 2.45) is 5.92 Å². The van der Waals surface area contributed by atoms with Crippen molar-refractivity contribution in [1.82, 2.24) is 9.65 Å². The van der Waals surface area contributed by atoms with Crippen LogP contribution in [0.1, 0.15) is 56.8 Å². The number of hydrogen-bond donors (Lipinski definition) is 0. The Hall–Kier alpha value is -1.54. The van der Waals surface area contributed by atoms with Crippen LogP contribution in [-0.4, -0.2) is 15.7 Å². The standard InChI is InChI=1S/C25H29N2PS/c1-25(2,3)22-17-29-24(26-22)23-18-14-15-19(16-18)27(23)28(20-10-6-4-7-11-20)21-12-8-5-9-13-21/h4-13,17-19,23H,14-16H2,1-3H3/t18-,19+,23-/m1/s1. The molecule has 1 aliphatic carbocycles. The summed E-state index contributed by atoms with van der Waals surface area (Å²) >= 11 is 1.88. The van der Waals surface area contributed by atoms with Crippen molar-refractivity contribution in [3.8, 4) is 0 Å². The Labute approximate surface area is 179 Å². The molecule has 0 unspecified atom stereocenters. The van der Waals surface area contributed by atoms with E-state index >= 15 is 0 Å². The largest absolute Gasteiger partial charge is 0.262 e. The van der Waals surface area contributed by atoms with Crippen LogP contribution in [0.25, 0.3) is 0 Å². The van der Waals surface area contributed by atoms with Gasteiger partial charge >= 0.3 is 0 Å². The third-order valence-corrected chi connectivity index (χ3v) is 9.85. The zero-order chi connectivity index (χ0) is 20.0. The number of piperidine rings is 1. The molecule has 2 aliphatic rings. The third-order valence-electron chi connectivity index (χ3n) is 6.33. The van der Waals surface area contributed by atoms with Gasteiger partial charge in [-0.25, -0.2) is 4.98 Å². The van der Waals surface area contributed by atoms with Crippen molar-refractivity contribution in [3.05, 3.63) is 76.7 Å². The molecule has 1 saturated heterocycles. The summed E-state index contributed by atoms with van der Waals surface area (Å²) in [7, 11) is -0.548. The van der Waals surface area contributed by atoms with E-state index in [1.807, 2.05) is 11.3 Å². The second-order valence-corrected chi connectivity index (χ2v) is 12.4. The summed E-state index contributed by atoms with van der Waals surface area (Å²) in [6.07, 6.45) is 4.01. The van der Waals surface area contributed by atoms with Crippen molar-refractivity contribution in [3.63, 3.8) is 0 Å². The molecule has 3 atom stereocenters. The summed E-state index contributed by atoms with van der Waals surface area (Å²) in [5.74, 6) is 0.747. The van der Waals surface area contributed by atoms with Crippen LogP contribution in [-0.2, 0) is 5.41 Å². The first-order valence-corrected chi connectivity index (χ1v) is 12.8. The highest BCUT2D eigenvalue weighted by molar-refractivity contribution is 7.70. The molecule has 29 heavy (non-hydrogen) atoms. The van der Waals surface area contributed by atoms with Gasteiger partial charge in [0.2, 0.25) is 0 Å². The molecule has 150 valence electrons. The Kier molecular flexibility index (Phi) is 5.10. The second-order valence-electron chi connectivity index (χ2n) is 9.36. The molecule has 2 aromatic carbocycles. The monoisotopic (exact) mass is 420 g/mol. The second kappa shape index (κ2) is 7.61. The van der Waals surface area contributed by atoms with Crippen LogP contribution >= 0.6 is 19.4 Å². The lowest BCUT2D eigenvalue weighted by Crippen LogP contribution is -2.37. The van der Waals surface area contributed by atoms with Gasteiger partial charge in [-0.05, 0) is 35.8 Å². The van der Waals surface area contributed by atoms with E-state index < -0.39 is 8.07 Å². The normalized spacial score (nSPS) is 24.5. The molecule has 1 aliphatic heterocycles. The first-order valence-electron chi connectivity index (χ1n) is 10.7. The van der Waals surface area contributed by atoms with Crippen molar-refractivity contribution >= 4 is 30.0 Å². The van der Waals surface area contributed by atoms with E-state index in [1.54, 1.807) is 0 Å². The Morgan fingerprint density at radius 2 is 1.55 bits per heavy atom. The fourth-order valence-corrected chi connectivity index (χ4v) is 9.02. The number of rotatable bonds is 4. The summed E-state index contributed by atoms with van der Waals surface area (Å²) in [6, 6.07) is 23.5. The van der Waals surface area contributed by atoms with Crippen molar-refractivity contribution < 1.29 is 0 Å². The van der Waals surface area contributed by atoms with Gasteiger partial charge in [0.1, 0.15) is 5.01 Å². The number of thiazole rings is 1. The number of fused-ring (bicyclic) bond motifs is 2. The Morgan fingerprint density at radius 1 is 0.931 bits per heavy atom. The lowest BCUT2D eigenvalue weighted by atomic mass is 9.93. The third kappa shape index (κ3) is 3.58. The topological polar surface area (TPSA) is 16.1 Å². The molecule has 3 aromatic rings. The van der Waals surface area contributed by atoms with Gasteiger partial charge in [-0.1, -0.05) is 81.4 Å². The maximum absolute atomic E-state index is 5.19. The molecule has 0 spiro atoms. The zero-order valence-corrected chi connectivity index (χ0v) is 19.2. The summed E-state index contributed by atoms with van der Waals surface area (Å²) in [4.78, 5) is 5.19. The molecule has 4 heteroatoms. The molecular weight excluding hydrogens is 391 g/mol. The number of nitrogens with zero attached hydrogens (tertiary/aromatic N) is 2. The van der Waals surface area contributed by atoms with Crippen LogP contribution in [0, 0.1) is 5.92 Å². The van der Waals surface area contributed by atoms with E-state index in [2.05, 4.69) is 91.5 Å². The van der Waals surface area contributed by atoms with Gasteiger partial charge in [0.25, 0.3) is 0 Å². The molecular formula is C25H29N2PS. The first kappa shape index (κ1) is 19.4. The summed E-state index contributed by atoms with van der Waals surface area (Å²) < 4.78 is 2.87. The van der Waals surface area contributed by atoms with E-state index in [1.165, 1.54) is 40.6 Å². The van der Waals surface area contributed by atoms with Gasteiger partial charge in [0.15, 0.2) is 0 Å². The lowest BCUT2D eigenvalue weighted by molar-refractivity contribution is 0.261. The SMILES string of the molecule is CC(C)(C)c1csc([C@H]2[C@@H]3CC[C@@H](C3)N2P(c2ccccc2)c2ccccc2)n1. The molecule has 2 fully saturated rings. The fraction of sp³-hybridized carbons (Fsp3) is 0.400. The minimum Gasteiger partial charge on any atom is -0.262 e. The van der Waals surface area contributed by atoms with Gasteiger partial charge < -0.3 is 0 Å². The van der Waals surface area contributed by atoms with Crippen LogP contribution in [0.5, 0.6) is 0 Å². The van der Waals surface area contributed by atoms with E-state index in [0.717, 1.165) is 5.92 Å². The van der Waals surface area contributed by atoms with Gasteiger partial charge in [0, 0.05) is 24.9 Å². The molecule has 0 radical (unpaired) electrons. The van der Waals surface area contributed by atoms with Crippen LogP contribution in [0.3, 0.4) is 0 Å². The quantitative estimate of drug-likeness (QED) is 0.480. The summed E-state index contributed by atoms with van der Waals surface area (Å²) in [6.45, 7) is 6.81. The van der Waals surface area contributed by atoms with Gasteiger partial charge in [-0.15, -0.1) is 11.3 Å². The number of hydrogen-bond acceptors (Lipinski definition) is 3. The highest BCUT2D eigenvalue weighted by Gasteiger charge is 2.51. The predicted molar refractivity (Wildman–Crippen MR) is 126 cm³/mol. The molecule has 2 heterocycles. The van der Waals surface area contributed by atoms with Crippen molar-refractivity contribution in [2.45, 2.75) is 57.5 Å². The molecule has 2 nitrogen and oxygen atoms in total. The van der Waals surface area contributed by atoms with Crippen LogP contribution in [0.4, 0.5) is 0 Å². The van der Waals surface area contributed by atoms with Crippen LogP contribution in [0.2, 0.25) is 0 Å². The Balaban J connectivity index is 1.60. The average molecular weight is 421 g/mol. The fourth-order valence-electron chi connectivity index (χ4n) is 4.89. The van der Waals surface area contributed by atoms with Gasteiger partial charge in [-0.2, -0.15) is 0 Å². The predicted octanol–water partition coefficient (Wildman–Crippen LogP) is 6.01. The van der Waals surface area contributed by atoms with Gasteiger partial charge in [-0.3, -0.25) is 4.67 Å². The molecule has 0 amide bonds. The summed E-state index contributed by atoms with van der Waals surface area (Å²) in [5, 5.41) is 6.55. The molecule has 0 N–H and O–H groups in total. The molecule has 2 bridgehead atoms. The Morgan fingerprint density at radius 3 is 2.10 bits per heavy atom. The maximum atomic E-state index is 5.19. The van der Waals surface area contributed by atoms with Gasteiger partial charge in [0.05, 0.1) is 11.7 Å². The zero-order valence-electron chi connectivity index (χ0n) is 17.5. The minimum absolute atomic E-state index is 0.112. The average Bonchev–Trinajstić information content (AvgIpc) is 3.46. The number of benzene rings is 2. The Bertz CT molecular complexity index is 924. The minimum atomic E-state index is -0.548. The number of aromatic nitrogens is 1. The highest BCUT2D eigenvalue weighted by atomic mass is 32.1. The van der Waals surface area contributed by atoms with Crippen LogP contribution < -0.4 is 10.6 Å². The first-order chi connectivity index (χ1) is 14.0. The summed E-state index contributed by atoms with van der Waals surface area (Å²) in [5.41, 5.74) is 1.35. The molecule has 5 rings (SSSR count). The molecule has 1 saturated carbocycles. The van der Waals surface area contributed by atoms with Crippen LogP contribution in [0.15, 0.2) is 66.0 Å². The van der Waals surface area contributed by atoms with Crippen molar-refractivity contribution in [1.29, 1.82) is 0 Å². The maximum Gasteiger partial charge on any atom is 0.111 e. The van der Waals surface area contributed by atoms with E-state index in [0.29, 0.717) is 12.1 Å². The van der Waals surface area contributed by atoms with E-state index in [4.69, 9.17) is 4.98 Å². The van der Waals surface area contributed by atoms with Crippen molar-refractivity contribution in [2.75, 3.05) is 0 Å².